The molecule has 0 aliphatic carbocycles. The van der Waals surface area contributed by atoms with Crippen LogP contribution in [0.25, 0.3) is 0 Å². The number of thiocarbonyl (C=S) groups is 1. The van der Waals surface area contributed by atoms with Gasteiger partial charge in [-0.25, -0.2) is 12.8 Å². The Morgan fingerprint density at radius 3 is 2.25 bits per heavy atom. The van der Waals surface area contributed by atoms with Gasteiger partial charge in [0, 0.05) is 22.4 Å². The molecule has 3 aromatic rings. The van der Waals surface area contributed by atoms with Crippen LogP contribution in [-0.2, 0) is 16.4 Å². The average Bonchev–Trinajstić information content (AvgIpc) is 2.75. The van der Waals surface area contributed by atoms with Crippen molar-refractivity contribution in [1.29, 1.82) is 0 Å². The molecule has 1 atom stereocenters. The van der Waals surface area contributed by atoms with Gasteiger partial charge in [-0.3, -0.25) is 4.31 Å². The van der Waals surface area contributed by atoms with E-state index < -0.39 is 10.0 Å². The number of nitrogens with zero attached hydrogens (tertiary/aromatic N) is 1. The largest absolute Gasteiger partial charge is 0.332 e. The van der Waals surface area contributed by atoms with Gasteiger partial charge in [-0.05, 0) is 104 Å². The van der Waals surface area contributed by atoms with Crippen LogP contribution < -0.4 is 14.9 Å². The lowest BCUT2D eigenvalue weighted by Crippen LogP contribution is -2.42. The van der Waals surface area contributed by atoms with E-state index in [0.717, 1.165) is 5.69 Å². The van der Waals surface area contributed by atoms with Crippen molar-refractivity contribution in [3.05, 3.63) is 83.1 Å². The van der Waals surface area contributed by atoms with Crippen LogP contribution in [0.3, 0.4) is 0 Å². The molecular weight excluding hydrogens is 469 g/mol. The number of benzene rings is 3. The monoisotopic (exact) mass is 489 g/mol. The van der Waals surface area contributed by atoms with E-state index in [0.29, 0.717) is 39.9 Å². The van der Waals surface area contributed by atoms with Crippen molar-refractivity contribution in [2.75, 3.05) is 14.9 Å². The second-order valence-corrected chi connectivity index (χ2v) is 10.2. The Hall–Kier alpha value is -2.68. The molecule has 0 spiro atoms. The molecule has 166 valence electrons. The maximum absolute atomic E-state index is 13.6. The zero-order valence-corrected chi connectivity index (χ0v) is 19.6. The van der Waals surface area contributed by atoms with Crippen molar-refractivity contribution in [2.45, 2.75) is 30.7 Å². The third kappa shape index (κ3) is 4.72. The standard InChI is InChI=1S/C23H21ClFN3O2S2/c1-15-2-3-16-14-18(25)6-13-22(16)28(15)32(29,30)21-11-9-20(10-12-21)27-23(31)26-19-7-4-17(24)5-8-19/h4-15H,2-3H2,1H3,(H2,26,27,31)/t15-/m0/s1. The van der Waals surface area contributed by atoms with E-state index in [2.05, 4.69) is 10.6 Å². The maximum atomic E-state index is 13.6. The zero-order valence-electron chi connectivity index (χ0n) is 17.2. The summed E-state index contributed by atoms with van der Waals surface area (Å²) in [6.45, 7) is 1.86. The van der Waals surface area contributed by atoms with Crippen LogP contribution in [0, 0.1) is 5.82 Å². The molecule has 5 nitrogen and oxygen atoms in total. The van der Waals surface area contributed by atoms with Crippen LogP contribution in [0.1, 0.15) is 18.9 Å². The SMILES string of the molecule is C[C@H]1CCc2cc(F)ccc2N1S(=O)(=O)c1ccc(NC(=S)Nc2ccc(Cl)cc2)cc1. The molecule has 0 amide bonds. The van der Waals surface area contributed by atoms with Gasteiger partial charge in [-0.1, -0.05) is 11.6 Å². The first-order chi connectivity index (χ1) is 15.2. The minimum atomic E-state index is -3.81. The molecule has 9 heteroatoms. The minimum absolute atomic E-state index is 0.156. The normalized spacial score (nSPS) is 15.7. The lowest BCUT2D eigenvalue weighted by Gasteiger charge is -2.36. The molecule has 1 heterocycles. The van der Waals surface area contributed by atoms with Gasteiger partial charge in [0.05, 0.1) is 10.6 Å². The van der Waals surface area contributed by atoms with Crippen LogP contribution in [0.4, 0.5) is 21.5 Å². The molecule has 0 fully saturated rings. The van der Waals surface area contributed by atoms with Crippen molar-refractivity contribution in [2.24, 2.45) is 0 Å². The van der Waals surface area contributed by atoms with Crippen LogP contribution >= 0.6 is 23.8 Å². The number of halogens is 2. The van der Waals surface area contributed by atoms with E-state index >= 15 is 0 Å². The summed E-state index contributed by atoms with van der Waals surface area (Å²) in [4.78, 5) is 0.156. The molecular formula is C23H21ClFN3O2S2. The Balaban J connectivity index is 1.52. The molecule has 0 radical (unpaired) electrons. The zero-order chi connectivity index (χ0) is 22.9. The van der Waals surface area contributed by atoms with E-state index in [1.807, 2.05) is 6.92 Å². The van der Waals surface area contributed by atoms with Crippen molar-refractivity contribution in [3.8, 4) is 0 Å². The second kappa shape index (κ2) is 9.05. The fraction of sp³-hybridized carbons (Fsp3) is 0.174. The fourth-order valence-electron chi connectivity index (χ4n) is 3.71. The highest BCUT2D eigenvalue weighted by atomic mass is 35.5. The lowest BCUT2D eigenvalue weighted by atomic mass is 9.99. The van der Waals surface area contributed by atoms with Gasteiger partial charge in [0.2, 0.25) is 0 Å². The second-order valence-electron chi connectivity index (χ2n) is 7.57. The molecule has 1 aliphatic rings. The van der Waals surface area contributed by atoms with Gasteiger partial charge in [-0.2, -0.15) is 0 Å². The van der Waals surface area contributed by atoms with Gasteiger partial charge in [-0.15, -0.1) is 0 Å². The molecule has 0 saturated heterocycles. The van der Waals surface area contributed by atoms with Crippen LogP contribution in [0.2, 0.25) is 5.02 Å². The summed E-state index contributed by atoms with van der Waals surface area (Å²) in [5.74, 6) is -0.366. The van der Waals surface area contributed by atoms with E-state index in [1.165, 1.54) is 34.6 Å². The Morgan fingerprint density at radius 1 is 1.03 bits per heavy atom. The van der Waals surface area contributed by atoms with Gasteiger partial charge >= 0.3 is 0 Å². The Morgan fingerprint density at radius 2 is 1.62 bits per heavy atom. The molecule has 32 heavy (non-hydrogen) atoms. The summed E-state index contributed by atoms with van der Waals surface area (Å²) in [5.41, 5.74) is 2.65. The van der Waals surface area contributed by atoms with E-state index in [4.69, 9.17) is 23.8 Å². The van der Waals surface area contributed by atoms with Crippen molar-refractivity contribution in [1.82, 2.24) is 0 Å². The molecule has 0 aromatic heterocycles. The van der Waals surface area contributed by atoms with E-state index in [9.17, 15) is 12.8 Å². The summed E-state index contributed by atoms with van der Waals surface area (Å²) in [6, 6.07) is 17.5. The first kappa shape index (κ1) is 22.5. The lowest BCUT2D eigenvalue weighted by molar-refractivity contribution is 0.560. The topological polar surface area (TPSA) is 61.4 Å². The van der Waals surface area contributed by atoms with Gasteiger partial charge in [0.15, 0.2) is 5.11 Å². The number of rotatable bonds is 4. The average molecular weight is 490 g/mol. The summed E-state index contributed by atoms with van der Waals surface area (Å²) >= 11 is 11.2. The molecule has 3 aromatic carbocycles. The highest BCUT2D eigenvalue weighted by molar-refractivity contribution is 7.92. The number of fused-ring (bicyclic) bond motifs is 1. The van der Waals surface area contributed by atoms with Crippen LogP contribution in [-0.4, -0.2) is 19.6 Å². The van der Waals surface area contributed by atoms with E-state index in [-0.39, 0.29) is 16.8 Å². The quantitative estimate of drug-likeness (QED) is 0.452. The number of hydrogen-bond donors (Lipinski definition) is 2. The predicted octanol–water partition coefficient (Wildman–Crippen LogP) is 5.82. The molecule has 0 unspecified atom stereocenters. The molecule has 0 saturated carbocycles. The van der Waals surface area contributed by atoms with Crippen molar-refractivity contribution in [3.63, 3.8) is 0 Å². The molecule has 0 bridgehead atoms. The van der Waals surface area contributed by atoms with Crippen molar-refractivity contribution < 1.29 is 12.8 Å². The minimum Gasteiger partial charge on any atom is -0.332 e. The van der Waals surface area contributed by atoms with Gasteiger partial charge < -0.3 is 10.6 Å². The fourth-order valence-corrected chi connectivity index (χ4v) is 5.79. The van der Waals surface area contributed by atoms with Crippen LogP contribution in [0.5, 0.6) is 0 Å². The first-order valence-electron chi connectivity index (χ1n) is 10.0. The first-order valence-corrected chi connectivity index (χ1v) is 12.2. The molecule has 4 rings (SSSR count). The number of aryl methyl sites for hydroxylation is 1. The highest BCUT2D eigenvalue weighted by Crippen LogP contribution is 2.36. The highest BCUT2D eigenvalue weighted by Gasteiger charge is 2.33. The summed E-state index contributed by atoms with van der Waals surface area (Å²) in [7, 11) is -3.81. The number of nitrogens with one attached hydrogen (secondary N) is 2. The Kier molecular flexibility index (Phi) is 6.37. The third-order valence-electron chi connectivity index (χ3n) is 5.28. The van der Waals surface area contributed by atoms with E-state index in [1.54, 1.807) is 36.4 Å². The van der Waals surface area contributed by atoms with Gasteiger partial charge in [0.1, 0.15) is 5.82 Å². The number of hydrogen-bond acceptors (Lipinski definition) is 3. The third-order valence-corrected chi connectivity index (χ3v) is 7.68. The Labute approximate surface area is 197 Å². The van der Waals surface area contributed by atoms with Gasteiger partial charge in [0.25, 0.3) is 10.0 Å². The van der Waals surface area contributed by atoms with Crippen molar-refractivity contribution >= 4 is 56.0 Å². The number of anilines is 3. The smallest absolute Gasteiger partial charge is 0.264 e. The Bertz CT molecular complexity index is 1250. The summed E-state index contributed by atoms with van der Waals surface area (Å²) in [5, 5.41) is 7.06. The molecule has 2 N–H and O–H groups in total. The number of sulfonamides is 1. The molecule has 1 aliphatic heterocycles. The summed E-state index contributed by atoms with van der Waals surface area (Å²) < 4.78 is 41.9. The summed E-state index contributed by atoms with van der Waals surface area (Å²) in [6.07, 6.45) is 1.27. The maximum Gasteiger partial charge on any atom is 0.264 e. The van der Waals surface area contributed by atoms with Crippen LogP contribution in [0.15, 0.2) is 71.6 Å². The predicted molar refractivity (Wildman–Crippen MR) is 132 cm³/mol.